The maximum Gasteiger partial charge on any atom is 0.212 e. The minimum atomic E-state index is -3.56. The number of fused-ring (bicyclic) bond motifs is 2. The molecule has 2 saturated carbocycles. The average Bonchev–Trinajstić information content (AvgIpc) is 2.87. The fourth-order valence-electron chi connectivity index (χ4n) is 4.31. The Morgan fingerprint density at radius 3 is 2.62 bits per heavy atom. The minimum Gasteiger partial charge on any atom is -0.481 e. The van der Waals surface area contributed by atoms with Gasteiger partial charge < -0.3 is 4.74 Å². The van der Waals surface area contributed by atoms with Crippen molar-refractivity contribution in [2.75, 3.05) is 12.9 Å². The highest BCUT2D eigenvalue weighted by Crippen LogP contribution is 2.64. The molecule has 132 valence electrons. The zero-order chi connectivity index (χ0) is 17.6. The van der Waals surface area contributed by atoms with E-state index in [-0.39, 0.29) is 23.5 Å². The highest BCUT2D eigenvalue weighted by molar-refractivity contribution is 7.89. The van der Waals surface area contributed by atoms with Crippen LogP contribution in [0.25, 0.3) is 0 Å². The molecular formula is C17H24N2O4S. The summed E-state index contributed by atoms with van der Waals surface area (Å²) in [6, 6.07) is 3.45. The molecule has 2 aliphatic rings. The zero-order valence-electron chi connectivity index (χ0n) is 14.3. The third kappa shape index (κ3) is 2.73. The van der Waals surface area contributed by atoms with Crippen LogP contribution in [0.5, 0.6) is 5.88 Å². The van der Waals surface area contributed by atoms with Crippen LogP contribution in [0.4, 0.5) is 0 Å². The molecule has 2 bridgehead atoms. The van der Waals surface area contributed by atoms with Gasteiger partial charge in [-0.2, -0.15) is 0 Å². The lowest BCUT2D eigenvalue weighted by Gasteiger charge is -2.36. The predicted molar refractivity (Wildman–Crippen MR) is 90.0 cm³/mol. The molecule has 0 amide bonds. The Hall–Kier alpha value is -1.47. The van der Waals surface area contributed by atoms with Crippen molar-refractivity contribution in [3.8, 4) is 5.88 Å². The molecule has 0 saturated heterocycles. The molecule has 1 N–H and O–H groups in total. The van der Waals surface area contributed by atoms with Gasteiger partial charge in [-0.1, -0.05) is 19.9 Å². The number of ether oxygens (including phenoxy) is 1. The summed E-state index contributed by atoms with van der Waals surface area (Å²) < 4.78 is 32.8. The Morgan fingerprint density at radius 1 is 1.38 bits per heavy atom. The first kappa shape index (κ1) is 17.4. The first-order chi connectivity index (χ1) is 11.2. The second-order valence-corrected chi connectivity index (χ2v) is 9.26. The number of sulfonamides is 1. The molecule has 1 heterocycles. The molecule has 7 heteroatoms. The number of methoxy groups -OCH3 is 1. The quantitative estimate of drug-likeness (QED) is 0.845. The zero-order valence-corrected chi connectivity index (χ0v) is 15.1. The van der Waals surface area contributed by atoms with Gasteiger partial charge in [0.05, 0.1) is 12.9 Å². The summed E-state index contributed by atoms with van der Waals surface area (Å²) in [6.07, 6.45) is 3.71. The van der Waals surface area contributed by atoms with Gasteiger partial charge in [-0.25, -0.2) is 18.1 Å². The van der Waals surface area contributed by atoms with E-state index in [0.29, 0.717) is 24.6 Å². The molecule has 6 nitrogen and oxygen atoms in total. The average molecular weight is 352 g/mol. The number of aromatic nitrogens is 1. The molecule has 0 aromatic carbocycles. The van der Waals surface area contributed by atoms with E-state index in [2.05, 4.69) is 9.71 Å². The lowest BCUT2D eigenvalue weighted by molar-refractivity contribution is -0.128. The van der Waals surface area contributed by atoms with Crippen molar-refractivity contribution < 1.29 is 17.9 Å². The number of ketones is 1. The van der Waals surface area contributed by atoms with Gasteiger partial charge in [-0.3, -0.25) is 4.79 Å². The van der Waals surface area contributed by atoms with Crippen molar-refractivity contribution in [2.45, 2.75) is 39.7 Å². The van der Waals surface area contributed by atoms with E-state index >= 15 is 0 Å². The number of hydrogen-bond donors (Lipinski definition) is 1. The number of rotatable bonds is 6. The van der Waals surface area contributed by atoms with Crippen molar-refractivity contribution in [2.24, 2.45) is 16.7 Å². The number of hydrogen-bond acceptors (Lipinski definition) is 5. The molecule has 2 atom stereocenters. The summed E-state index contributed by atoms with van der Waals surface area (Å²) in [6.45, 7) is 4.24. The Morgan fingerprint density at radius 2 is 2.12 bits per heavy atom. The summed E-state index contributed by atoms with van der Waals surface area (Å²) in [5.74, 6) is 0.786. The van der Waals surface area contributed by atoms with Gasteiger partial charge in [-0.05, 0) is 29.7 Å². The Balaban J connectivity index is 1.71. The first-order valence-electron chi connectivity index (χ1n) is 8.20. The standard InChI is InChI=1S/C17H24N2O4S/c1-16(2)13-6-7-17(16,14(20)8-13)11-24(21,22)19-10-12-4-5-15(23-3)18-9-12/h4-5,9,13,19H,6-8,10-11H2,1-3H3. The summed E-state index contributed by atoms with van der Waals surface area (Å²) in [7, 11) is -2.03. The molecule has 0 radical (unpaired) electrons. The van der Waals surface area contributed by atoms with Crippen molar-refractivity contribution in [3.63, 3.8) is 0 Å². The summed E-state index contributed by atoms with van der Waals surface area (Å²) in [4.78, 5) is 16.5. The second-order valence-electron chi connectivity index (χ2n) is 7.46. The fourth-order valence-corrected chi connectivity index (χ4v) is 6.13. The van der Waals surface area contributed by atoms with E-state index in [0.717, 1.165) is 12.0 Å². The van der Waals surface area contributed by atoms with Crippen LogP contribution in [0.3, 0.4) is 0 Å². The van der Waals surface area contributed by atoms with Gasteiger partial charge in [0.15, 0.2) is 0 Å². The molecule has 0 aliphatic heterocycles. The molecule has 2 fully saturated rings. The van der Waals surface area contributed by atoms with E-state index in [1.54, 1.807) is 18.3 Å². The minimum absolute atomic E-state index is 0.111. The summed E-state index contributed by atoms with van der Waals surface area (Å²) in [5, 5.41) is 0. The summed E-state index contributed by atoms with van der Waals surface area (Å²) in [5.41, 5.74) is -0.236. The molecule has 0 spiro atoms. The maximum atomic E-state index is 12.6. The van der Waals surface area contributed by atoms with Crippen LogP contribution in [-0.4, -0.2) is 32.0 Å². The van der Waals surface area contributed by atoms with Gasteiger partial charge in [0.1, 0.15) is 5.78 Å². The number of carbonyl (C=O) groups excluding carboxylic acids is 1. The normalized spacial score (nSPS) is 28.3. The number of nitrogens with zero attached hydrogens (tertiary/aromatic N) is 1. The molecule has 3 rings (SSSR count). The first-order valence-corrected chi connectivity index (χ1v) is 9.85. The predicted octanol–water partition coefficient (Wildman–Crippen LogP) is 1.90. The van der Waals surface area contributed by atoms with E-state index in [1.165, 1.54) is 7.11 Å². The maximum absolute atomic E-state index is 12.6. The van der Waals surface area contributed by atoms with Crippen molar-refractivity contribution in [1.29, 1.82) is 0 Å². The monoisotopic (exact) mass is 352 g/mol. The molecule has 2 unspecified atom stereocenters. The number of carbonyl (C=O) groups is 1. The van der Waals surface area contributed by atoms with Gasteiger partial charge in [0.2, 0.25) is 15.9 Å². The third-order valence-corrected chi connectivity index (χ3v) is 7.54. The van der Waals surface area contributed by atoms with Crippen molar-refractivity contribution in [3.05, 3.63) is 23.9 Å². The Labute approximate surface area is 143 Å². The van der Waals surface area contributed by atoms with Crippen LogP contribution in [0, 0.1) is 16.7 Å². The lowest BCUT2D eigenvalue weighted by atomic mass is 9.70. The largest absolute Gasteiger partial charge is 0.481 e. The van der Waals surface area contributed by atoms with Gasteiger partial charge in [0, 0.05) is 30.6 Å². The summed E-state index contributed by atoms with van der Waals surface area (Å²) >= 11 is 0. The Kier molecular flexibility index (Phi) is 4.20. The fraction of sp³-hybridized carbons (Fsp3) is 0.647. The molecule has 1 aromatic rings. The number of Topliss-reactive ketones (excluding diaryl/α,β-unsaturated/α-hetero) is 1. The van der Waals surface area contributed by atoms with Crippen molar-refractivity contribution >= 4 is 15.8 Å². The van der Waals surface area contributed by atoms with Crippen LogP contribution in [0.15, 0.2) is 18.3 Å². The van der Waals surface area contributed by atoms with Gasteiger partial charge >= 0.3 is 0 Å². The molecule has 2 aliphatic carbocycles. The van der Waals surface area contributed by atoms with Crippen LogP contribution in [-0.2, 0) is 21.4 Å². The smallest absolute Gasteiger partial charge is 0.212 e. The molecule has 1 aromatic heterocycles. The third-order valence-electron chi connectivity index (χ3n) is 6.08. The van der Waals surface area contributed by atoms with Crippen LogP contribution in [0.1, 0.15) is 38.7 Å². The van der Waals surface area contributed by atoms with Crippen LogP contribution < -0.4 is 9.46 Å². The lowest BCUT2D eigenvalue weighted by Crippen LogP contribution is -2.45. The van der Waals surface area contributed by atoms with E-state index in [4.69, 9.17) is 4.74 Å². The van der Waals surface area contributed by atoms with E-state index in [1.807, 2.05) is 13.8 Å². The highest BCUT2D eigenvalue weighted by atomic mass is 32.2. The van der Waals surface area contributed by atoms with Gasteiger partial charge in [-0.15, -0.1) is 0 Å². The van der Waals surface area contributed by atoms with Gasteiger partial charge in [0.25, 0.3) is 0 Å². The SMILES string of the molecule is COc1ccc(CNS(=O)(=O)CC23CCC(CC2=O)C3(C)C)cn1. The van der Waals surface area contributed by atoms with Crippen LogP contribution >= 0.6 is 0 Å². The second kappa shape index (κ2) is 5.81. The topological polar surface area (TPSA) is 85.4 Å². The molecular weight excluding hydrogens is 328 g/mol. The highest BCUT2D eigenvalue weighted by Gasteiger charge is 2.65. The Bertz CT molecular complexity index is 742. The van der Waals surface area contributed by atoms with E-state index < -0.39 is 15.4 Å². The molecule has 24 heavy (non-hydrogen) atoms. The van der Waals surface area contributed by atoms with Crippen LogP contribution in [0.2, 0.25) is 0 Å². The number of pyridine rings is 1. The van der Waals surface area contributed by atoms with Crippen molar-refractivity contribution in [1.82, 2.24) is 9.71 Å². The van der Waals surface area contributed by atoms with E-state index in [9.17, 15) is 13.2 Å². The number of nitrogens with one attached hydrogen (secondary N) is 1.